The van der Waals surface area contributed by atoms with Crippen LogP contribution in [-0.4, -0.2) is 57.6 Å². The summed E-state index contributed by atoms with van der Waals surface area (Å²) < 4.78 is 0. The van der Waals surface area contributed by atoms with Crippen LogP contribution >= 0.6 is 0 Å². The molecule has 0 aliphatic heterocycles. The minimum atomic E-state index is -0.994. The van der Waals surface area contributed by atoms with Crippen LogP contribution in [0.25, 0.3) is 11.1 Å². The predicted molar refractivity (Wildman–Crippen MR) is 152 cm³/mol. The Morgan fingerprint density at radius 2 is 1.45 bits per heavy atom. The van der Waals surface area contributed by atoms with E-state index in [9.17, 15) is 24.6 Å². The number of aliphatic hydroxyl groups excluding tert-OH is 1. The van der Waals surface area contributed by atoms with Crippen molar-refractivity contribution in [2.75, 3.05) is 19.7 Å². The Kier molecular flexibility index (Phi) is 9.74. The number of nitrogens with zero attached hydrogens (tertiary/aromatic N) is 2. The molecular weight excluding hydrogens is 506 g/mol. The summed E-state index contributed by atoms with van der Waals surface area (Å²) >= 11 is 0. The number of benzene rings is 3. The first-order valence-electron chi connectivity index (χ1n) is 13.0. The predicted octanol–water partition coefficient (Wildman–Crippen LogP) is 4.37. The van der Waals surface area contributed by atoms with Gasteiger partial charge in [-0.05, 0) is 46.9 Å². The summed E-state index contributed by atoms with van der Waals surface area (Å²) in [6.07, 6.45) is 3.71. The maximum Gasteiger partial charge on any atom is 0.305 e. The number of aromatic nitrogens is 1. The molecule has 4 rings (SSSR count). The molecule has 0 bridgehead atoms. The van der Waals surface area contributed by atoms with Gasteiger partial charge in [0, 0.05) is 36.6 Å². The second-order valence-corrected chi connectivity index (χ2v) is 9.26. The highest BCUT2D eigenvalue weighted by molar-refractivity contribution is 6.06. The summed E-state index contributed by atoms with van der Waals surface area (Å²) in [5.41, 5.74) is 3.53. The molecule has 1 unspecified atom stereocenters. The minimum Gasteiger partial charge on any atom is -0.481 e. The van der Waals surface area contributed by atoms with E-state index >= 15 is 0 Å². The van der Waals surface area contributed by atoms with Crippen LogP contribution < -0.4 is 5.32 Å². The number of amides is 2. The van der Waals surface area contributed by atoms with Crippen molar-refractivity contribution in [1.29, 1.82) is 0 Å². The van der Waals surface area contributed by atoms with E-state index in [0.717, 1.165) is 11.1 Å². The molecule has 8 heteroatoms. The fourth-order valence-electron chi connectivity index (χ4n) is 4.50. The second-order valence-electron chi connectivity index (χ2n) is 9.26. The Morgan fingerprint density at radius 3 is 2.10 bits per heavy atom. The van der Waals surface area contributed by atoms with Crippen molar-refractivity contribution in [3.8, 4) is 11.1 Å². The molecule has 204 valence electrons. The van der Waals surface area contributed by atoms with E-state index in [4.69, 9.17) is 0 Å². The SMILES string of the molecule is O=C(O)CCN(CCc1cccnc1)C(=O)c1ccccc1-c1ccccc1C(=O)NC(CO)c1ccccc1. The molecule has 8 nitrogen and oxygen atoms in total. The Morgan fingerprint density at radius 1 is 0.800 bits per heavy atom. The number of pyridine rings is 1. The number of hydrogen-bond acceptors (Lipinski definition) is 5. The van der Waals surface area contributed by atoms with E-state index in [1.54, 1.807) is 60.9 Å². The fraction of sp³-hybridized carbons (Fsp3) is 0.188. The van der Waals surface area contributed by atoms with Gasteiger partial charge in [0.05, 0.1) is 19.1 Å². The fourth-order valence-corrected chi connectivity index (χ4v) is 4.50. The summed E-state index contributed by atoms with van der Waals surface area (Å²) in [7, 11) is 0. The van der Waals surface area contributed by atoms with Crippen LogP contribution in [0.15, 0.2) is 103 Å². The highest BCUT2D eigenvalue weighted by atomic mass is 16.4. The van der Waals surface area contributed by atoms with E-state index < -0.39 is 12.0 Å². The van der Waals surface area contributed by atoms with Gasteiger partial charge in [-0.25, -0.2) is 0 Å². The highest BCUT2D eigenvalue weighted by Crippen LogP contribution is 2.29. The molecule has 1 aromatic heterocycles. The number of aliphatic hydroxyl groups is 1. The second kappa shape index (κ2) is 13.8. The number of carbonyl (C=O) groups is 3. The third-order valence-corrected chi connectivity index (χ3v) is 6.59. The quantitative estimate of drug-likeness (QED) is 0.247. The lowest BCUT2D eigenvalue weighted by atomic mass is 9.94. The van der Waals surface area contributed by atoms with Crippen LogP contribution in [-0.2, 0) is 11.2 Å². The lowest BCUT2D eigenvalue weighted by Crippen LogP contribution is -2.35. The lowest BCUT2D eigenvalue weighted by Gasteiger charge is -2.24. The van der Waals surface area contributed by atoms with Gasteiger partial charge < -0.3 is 20.4 Å². The van der Waals surface area contributed by atoms with Crippen LogP contribution in [0.2, 0.25) is 0 Å². The van der Waals surface area contributed by atoms with Crippen LogP contribution in [0, 0.1) is 0 Å². The average molecular weight is 538 g/mol. The van der Waals surface area contributed by atoms with Gasteiger partial charge in [0.15, 0.2) is 0 Å². The zero-order valence-corrected chi connectivity index (χ0v) is 21.9. The summed E-state index contributed by atoms with van der Waals surface area (Å²) in [6, 6.07) is 26.3. The molecule has 0 fully saturated rings. The first kappa shape index (κ1) is 28.2. The normalized spacial score (nSPS) is 11.4. The van der Waals surface area contributed by atoms with Crippen LogP contribution in [0.4, 0.5) is 0 Å². The van der Waals surface area contributed by atoms with Crippen LogP contribution in [0.1, 0.15) is 44.3 Å². The molecule has 0 radical (unpaired) electrons. The first-order valence-corrected chi connectivity index (χ1v) is 13.0. The summed E-state index contributed by atoms with van der Waals surface area (Å²) in [5, 5.41) is 22.1. The Labute approximate surface area is 232 Å². The largest absolute Gasteiger partial charge is 0.481 e. The molecule has 4 aromatic rings. The van der Waals surface area contributed by atoms with Gasteiger partial charge >= 0.3 is 5.97 Å². The third kappa shape index (κ3) is 7.18. The maximum atomic E-state index is 13.8. The third-order valence-electron chi connectivity index (χ3n) is 6.59. The van der Waals surface area contributed by atoms with Crippen molar-refractivity contribution in [1.82, 2.24) is 15.2 Å². The molecule has 0 saturated carbocycles. The summed E-state index contributed by atoms with van der Waals surface area (Å²) in [5.74, 6) is -1.71. The minimum absolute atomic E-state index is 0.0418. The molecule has 1 heterocycles. The molecule has 40 heavy (non-hydrogen) atoms. The average Bonchev–Trinajstić information content (AvgIpc) is 3.00. The maximum absolute atomic E-state index is 13.8. The van der Waals surface area contributed by atoms with Gasteiger partial charge in [0.2, 0.25) is 0 Å². The van der Waals surface area contributed by atoms with Crippen molar-refractivity contribution < 1.29 is 24.6 Å². The molecule has 0 spiro atoms. The van der Waals surface area contributed by atoms with Crippen molar-refractivity contribution in [3.63, 3.8) is 0 Å². The number of rotatable bonds is 12. The Hall–Kier alpha value is -4.82. The smallest absolute Gasteiger partial charge is 0.305 e. The van der Waals surface area contributed by atoms with E-state index in [-0.39, 0.29) is 31.4 Å². The van der Waals surface area contributed by atoms with Gasteiger partial charge in [-0.1, -0.05) is 72.8 Å². The van der Waals surface area contributed by atoms with Crippen LogP contribution in [0.3, 0.4) is 0 Å². The number of carbonyl (C=O) groups excluding carboxylic acids is 2. The van der Waals surface area contributed by atoms with Crippen molar-refractivity contribution in [3.05, 3.63) is 126 Å². The Bertz CT molecular complexity index is 1440. The van der Waals surface area contributed by atoms with Gasteiger partial charge in [0.1, 0.15) is 0 Å². The monoisotopic (exact) mass is 537 g/mol. The molecule has 0 aliphatic rings. The molecule has 2 amide bonds. The first-order chi connectivity index (χ1) is 19.5. The van der Waals surface area contributed by atoms with Crippen molar-refractivity contribution in [2.45, 2.75) is 18.9 Å². The van der Waals surface area contributed by atoms with Crippen molar-refractivity contribution >= 4 is 17.8 Å². The molecule has 1 atom stereocenters. The lowest BCUT2D eigenvalue weighted by molar-refractivity contribution is -0.137. The number of hydrogen-bond donors (Lipinski definition) is 3. The standard InChI is InChI=1S/C32H31N3O5/c36-22-29(24-10-2-1-3-11-24)34-31(39)27-14-6-4-12-25(27)26-13-5-7-15-28(26)32(40)35(20-17-30(37)38)19-16-23-9-8-18-33-21-23/h1-15,18,21,29,36H,16-17,19-20,22H2,(H,34,39)(H,37,38). The Balaban J connectivity index is 1.64. The topological polar surface area (TPSA) is 120 Å². The molecule has 0 aliphatic carbocycles. The molecule has 3 N–H and O–H groups in total. The zero-order valence-electron chi connectivity index (χ0n) is 21.9. The number of aliphatic carboxylic acids is 1. The van der Waals surface area contributed by atoms with E-state index in [0.29, 0.717) is 35.2 Å². The van der Waals surface area contributed by atoms with Gasteiger partial charge in [-0.2, -0.15) is 0 Å². The highest BCUT2D eigenvalue weighted by Gasteiger charge is 2.23. The summed E-state index contributed by atoms with van der Waals surface area (Å²) in [6.45, 7) is 0.0755. The van der Waals surface area contributed by atoms with Crippen LogP contribution in [0.5, 0.6) is 0 Å². The van der Waals surface area contributed by atoms with E-state index in [2.05, 4.69) is 10.3 Å². The van der Waals surface area contributed by atoms with Gasteiger partial charge in [-0.3, -0.25) is 19.4 Å². The number of nitrogens with one attached hydrogen (secondary N) is 1. The van der Waals surface area contributed by atoms with Gasteiger partial charge in [0.25, 0.3) is 11.8 Å². The molecular formula is C32H31N3O5. The zero-order chi connectivity index (χ0) is 28.3. The number of carboxylic acid groups (broad SMARTS) is 1. The number of carboxylic acids is 1. The van der Waals surface area contributed by atoms with E-state index in [1.165, 1.54) is 4.90 Å². The van der Waals surface area contributed by atoms with Gasteiger partial charge in [-0.15, -0.1) is 0 Å². The van der Waals surface area contributed by atoms with E-state index in [1.807, 2.05) is 42.5 Å². The summed E-state index contributed by atoms with van der Waals surface area (Å²) in [4.78, 5) is 44.3. The van der Waals surface area contributed by atoms with Crippen molar-refractivity contribution in [2.24, 2.45) is 0 Å². The molecule has 3 aromatic carbocycles. The molecule has 0 saturated heterocycles.